The zero-order valence-corrected chi connectivity index (χ0v) is 11.5. The molecule has 1 N–H and O–H groups in total. The van der Waals surface area contributed by atoms with Crippen molar-refractivity contribution in [1.29, 1.82) is 0 Å². The van der Waals surface area contributed by atoms with Crippen molar-refractivity contribution in [3.05, 3.63) is 64.4 Å². The Bertz CT molecular complexity index is 630. The molecule has 1 aliphatic rings. The van der Waals surface area contributed by atoms with E-state index in [0.29, 0.717) is 17.2 Å². The zero-order valence-electron chi connectivity index (χ0n) is 10.7. The summed E-state index contributed by atoms with van der Waals surface area (Å²) in [7, 11) is 0. The first-order valence-electron chi connectivity index (χ1n) is 6.49. The summed E-state index contributed by atoms with van der Waals surface area (Å²) < 4.78 is 19.3. The van der Waals surface area contributed by atoms with Crippen LogP contribution >= 0.6 is 11.6 Å². The second-order valence-electron chi connectivity index (χ2n) is 4.96. The van der Waals surface area contributed by atoms with Crippen LogP contribution in [0.1, 0.15) is 17.0 Å². The number of fused-ring (bicyclic) bond motifs is 1. The molecule has 2 aromatic rings. The summed E-state index contributed by atoms with van der Waals surface area (Å²) in [5.41, 5.74) is 1.45. The molecule has 0 saturated carbocycles. The SMILES string of the molecule is OC(Cc1ccc(Cl)cc1F)C1COc2ccccc21. The summed E-state index contributed by atoms with van der Waals surface area (Å²) in [6.45, 7) is 0.426. The van der Waals surface area contributed by atoms with Crippen molar-refractivity contribution in [3.8, 4) is 5.75 Å². The van der Waals surface area contributed by atoms with Gasteiger partial charge in [-0.05, 0) is 23.8 Å². The Hall–Kier alpha value is -1.58. The maximum atomic E-state index is 13.8. The van der Waals surface area contributed by atoms with Gasteiger partial charge in [-0.1, -0.05) is 35.9 Å². The van der Waals surface area contributed by atoms with Crippen LogP contribution < -0.4 is 4.74 Å². The standard InChI is InChI=1S/C16H14ClFO2/c17-11-6-5-10(14(18)8-11)7-15(19)13-9-20-16-4-2-1-3-12(13)16/h1-6,8,13,15,19H,7,9H2. The van der Waals surface area contributed by atoms with Gasteiger partial charge in [-0.3, -0.25) is 0 Å². The number of para-hydroxylation sites is 1. The van der Waals surface area contributed by atoms with Crippen LogP contribution in [0.25, 0.3) is 0 Å². The van der Waals surface area contributed by atoms with Crippen LogP contribution in [0.4, 0.5) is 4.39 Å². The predicted molar refractivity (Wildman–Crippen MR) is 75.8 cm³/mol. The second-order valence-corrected chi connectivity index (χ2v) is 5.40. The number of rotatable bonds is 3. The summed E-state index contributed by atoms with van der Waals surface area (Å²) in [6.07, 6.45) is -0.444. The molecule has 0 bridgehead atoms. The fourth-order valence-corrected chi connectivity index (χ4v) is 2.72. The van der Waals surface area contributed by atoms with Crippen molar-refractivity contribution in [2.24, 2.45) is 0 Å². The van der Waals surface area contributed by atoms with Crippen molar-refractivity contribution in [2.45, 2.75) is 18.4 Å². The van der Waals surface area contributed by atoms with Crippen LogP contribution in [0.2, 0.25) is 5.02 Å². The van der Waals surface area contributed by atoms with Gasteiger partial charge in [0.2, 0.25) is 0 Å². The molecule has 0 aromatic heterocycles. The predicted octanol–water partition coefficient (Wildman–Crippen LogP) is 3.56. The molecular formula is C16H14ClFO2. The molecule has 2 aromatic carbocycles. The van der Waals surface area contributed by atoms with E-state index >= 15 is 0 Å². The molecule has 20 heavy (non-hydrogen) atoms. The van der Waals surface area contributed by atoms with E-state index in [9.17, 15) is 9.50 Å². The van der Waals surface area contributed by atoms with Crippen LogP contribution in [-0.2, 0) is 6.42 Å². The molecule has 104 valence electrons. The molecule has 2 unspecified atom stereocenters. The number of aliphatic hydroxyl groups excluding tert-OH is 1. The molecule has 0 radical (unpaired) electrons. The molecular weight excluding hydrogens is 279 g/mol. The summed E-state index contributed by atoms with van der Waals surface area (Å²) in [6, 6.07) is 12.1. The monoisotopic (exact) mass is 292 g/mol. The van der Waals surface area contributed by atoms with E-state index in [1.165, 1.54) is 6.07 Å². The Morgan fingerprint density at radius 1 is 1.30 bits per heavy atom. The molecule has 0 saturated heterocycles. The van der Waals surface area contributed by atoms with Crippen LogP contribution in [-0.4, -0.2) is 17.8 Å². The van der Waals surface area contributed by atoms with Crippen LogP contribution in [0, 0.1) is 5.82 Å². The van der Waals surface area contributed by atoms with Crippen molar-refractivity contribution in [1.82, 2.24) is 0 Å². The molecule has 0 amide bonds. The summed E-state index contributed by atoms with van der Waals surface area (Å²) >= 11 is 5.73. The number of hydrogen-bond acceptors (Lipinski definition) is 2. The summed E-state index contributed by atoms with van der Waals surface area (Å²) in [5.74, 6) is 0.290. The lowest BCUT2D eigenvalue weighted by Gasteiger charge is -2.17. The van der Waals surface area contributed by atoms with Gasteiger partial charge in [-0.25, -0.2) is 4.39 Å². The van der Waals surface area contributed by atoms with E-state index in [2.05, 4.69) is 0 Å². The maximum Gasteiger partial charge on any atom is 0.127 e. The van der Waals surface area contributed by atoms with E-state index in [0.717, 1.165) is 11.3 Å². The normalized spacial score (nSPS) is 18.4. The van der Waals surface area contributed by atoms with Crippen LogP contribution in [0.3, 0.4) is 0 Å². The van der Waals surface area contributed by atoms with Gasteiger partial charge in [0, 0.05) is 22.9 Å². The minimum Gasteiger partial charge on any atom is -0.493 e. The van der Waals surface area contributed by atoms with E-state index in [4.69, 9.17) is 16.3 Å². The van der Waals surface area contributed by atoms with Gasteiger partial charge in [0.15, 0.2) is 0 Å². The van der Waals surface area contributed by atoms with Crippen LogP contribution in [0.15, 0.2) is 42.5 Å². The van der Waals surface area contributed by atoms with Crippen LogP contribution in [0.5, 0.6) is 5.75 Å². The third kappa shape index (κ3) is 2.51. The Morgan fingerprint density at radius 2 is 2.10 bits per heavy atom. The third-order valence-electron chi connectivity index (χ3n) is 3.65. The Labute approximate surface area is 121 Å². The summed E-state index contributed by atoms with van der Waals surface area (Å²) in [4.78, 5) is 0. The Morgan fingerprint density at radius 3 is 2.90 bits per heavy atom. The minimum atomic E-state index is -0.686. The Kier molecular flexibility index (Phi) is 3.64. The zero-order chi connectivity index (χ0) is 14.1. The van der Waals surface area contributed by atoms with Crippen molar-refractivity contribution in [2.75, 3.05) is 6.61 Å². The van der Waals surface area contributed by atoms with Crippen molar-refractivity contribution < 1.29 is 14.2 Å². The van der Waals surface area contributed by atoms with Gasteiger partial charge in [-0.2, -0.15) is 0 Å². The van der Waals surface area contributed by atoms with E-state index in [1.807, 2.05) is 24.3 Å². The largest absolute Gasteiger partial charge is 0.493 e. The second kappa shape index (κ2) is 5.43. The molecule has 2 atom stereocenters. The highest BCUT2D eigenvalue weighted by molar-refractivity contribution is 6.30. The highest BCUT2D eigenvalue weighted by Gasteiger charge is 2.30. The lowest BCUT2D eigenvalue weighted by molar-refractivity contribution is 0.128. The van der Waals surface area contributed by atoms with E-state index in [1.54, 1.807) is 12.1 Å². The fourth-order valence-electron chi connectivity index (χ4n) is 2.56. The van der Waals surface area contributed by atoms with Gasteiger partial charge in [0.05, 0.1) is 12.7 Å². The smallest absolute Gasteiger partial charge is 0.127 e. The topological polar surface area (TPSA) is 29.5 Å². The van der Waals surface area contributed by atoms with Gasteiger partial charge in [-0.15, -0.1) is 0 Å². The molecule has 1 aliphatic heterocycles. The van der Waals surface area contributed by atoms with Gasteiger partial charge in [0.25, 0.3) is 0 Å². The number of benzene rings is 2. The maximum absolute atomic E-state index is 13.8. The quantitative estimate of drug-likeness (QED) is 0.937. The number of aliphatic hydroxyl groups is 1. The van der Waals surface area contributed by atoms with E-state index < -0.39 is 6.10 Å². The number of hydrogen-bond donors (Lipinski definition) is 1. The molecule has 2 nitrogen and oxygen atoms in total. The van der Waals surface area contributed by atoms with Crippen molar-refractivity contribution in [3.63, 3.8) is 0 Å². The van der Waals surface area contributed by atoms with Gasteiger partial charge >= 0.3 is 0 Å². The summed E-state index contributed by atoms with van der Waals surface area (Å²) in [5, 5.41) is 10.7. The lowest BCUT2D eigenvalue weighted by Crippen LogP contribution is -2.22. The highest BCUT2D eigenvalue weighted by atomic mass is 35.5. The lowest BCUT2D eigenvalue weighted by atomic mass is 9.91. The average Bonchev–Trinajstić information content (AvgIpc) is 2.86. The molecule has 0 fully saturated rings. The number of ether oxygens (including phenoxy) is 1. The first-order valence-corrected chi connectivity index (χ1v) is 6.86. The Balaban J connectivity index is 1.79. The van der Waals surface area contributed by atoms with E-state index in [-0.39, 0.29) is 18.2 Å². The molecule has 3 rings (SSSR count). The molecule has 4 heteroatoms. The average molecular weight is 293 g/mol. The first-order chi connectivity index (χ1) is 9.65. The first kappa shape index (κ1) is 13.4. The van der Waals surface area contributed by atoms with Gasteiger partial charge in [0.1, 0.15) is 11.6 Å². The fraction of sp³-hybridized carbons (Fsp3) is 0.250. The highest BCUT2D eigenvalue weighted by Crippen LogP contribution is 2.36. The molecule has 0 aliphatic carbocycles. The molecule has 1 heterocycles. The molecule has 0 spiro atoms. The number of halogens is 2. The minimum absolute atomic E-state index is 0.124. The van der Waals surface area contributed by atoms with Crippen molar-refractivity contribution >= 4 is 11.6 Å². The van der Waals surface area contributed by atoms with Gasteiger partial charge < -0.3 is 9.84 Å². The third-order valence-corrected chi connectivity index (χ3v) is 3.88.